The Balaban J connectivity index is 2.29. The fraction of sp³-hybridized carbons (Fsp3) is 0.500. The number of carbonyl (C=O) groups is 2. The maximum Gasteiger partial charge on any atom is 0.256 e. The molecule has 1 aromatic rings. The molecule has 5 nitrogen and oxygen atoms in total. The molecule has 3 N–H and O–H groups in total. The molecule has 114 valence electrons. The first-order valence-corrected chi connectivity index (χ1v) is 7.42. The monoisotopic (exact) mass is 289 g/mol. The molecule has 0 saturated heterocycles. The van der Waals surface area contributed by atoms with Crippen LogP contribution in [0.1, 0.15) is 36.2 Å². The summed E-state index contributed by atoms with van der Waals surface area (Å²) < 4.78 is 0. The quantitative estimate of drug-likeness (QED) is 0.865. The van der Waals surface area contributed by atoms with Crippen molar-refractivity contribution in [2.24, 2.45) is 11.7 Å². The zero-order chi connectivity index (χ0) is 15.4. The highest BCUT2D eigenvalue weighted by Gasteiger charge is 2.23. The second-order valence-electron chi connectivity index (χ2n) is 5.92. The Labute approximate surface area is 125 Å². The van der Waals surface area contributed by atoms with E-state index in [1.54, 1.807) is 4.90 Å². The van der Waals surface area contributed by atoms with Gasteiger partial charge in [-0.2, -0.15) is 0 Å². The van der Waals surface area contributed by atoms with Crippen LogP contribution in [0.2, 0.25) is 0 Å². The molecule has 0 bridgehead atoms. The summed E-state index contributed by atoms with van der Waals surface area (Å²) in [5.41, 5.74) is 7.98. The standard InChI is InChI=1S/C16H23N3O2/c1-11(2)9-19(10-14(17)20)16(21)13-7-3-5-12-6-4-8-18-15(12)13/h3,5,7,11,18H,4,6,8-10H2,1-2H3,(H2,17,20). The smallest absolute Gasteiger partial charge is 0.256 e. The number of carbonyl (C=O) groups excluding carboxylic acids is 2. The van der Waals surface area contributed by atoms with Gasteiger partial charge in [0.15, 0.2) is 0 Å². The summed E-state index contributed by atoms with van der Waals surface area (Å²) in [5, 5.41) is 3.31. The van der Waals surface area contributed by atoms with Gasteiger partial charge in [0.1, 0.15) is 0 Å². The molecule has 0 aromatic heterocycles. The first-order chi connectivity index (χ1) is 9.99. The lowest BCUT2D eigenvalue weighted by Gasteiger charge is -2.26. The lowest BCUT2D eigenvalue weighted by molar-refractivity contribution is -0.118. The summed E-state index contributed by atoms with van der Waals surface area (Å²) in [6.07, 6.45) is 2.05. The molecule has 0 atom stereocenters. The van der Waals surface area contributed by atoms with Gasteiger partial charge in [0.25, 0.3) is 5.91 Å². The summed E-state index contributed by atoms with van der Waals surface area (Å²) in [7, 11) is 0. The van der Waals surface area contributed by atoms with Gasteiger partial charge in [-0.3, -0.25) is 9.59 Å². The maximum atomic E-state index is 12.8. The zero-order valence-corrected chi connectivity index (χ0v) is 12.7. The maximum absolute atomic E-state index is 12.8. The van der Waals surface area contributed by atoms with Crippen LogP contribution in [0.3, 0.4) is 0 Å². The van der Waals surface area contributed by atoms with E-state index in [2.05, 4.69) is 5.32 Å². The molecule has 0 saturated carbocycles. The molecule has 5 heteroatoms. The number of hydrogen-bond donors (Lipinski definition) is 2. The van der Waals surface area contributed by atoms with Crippen LogP contribution in [0.25, 0.3) is 0 Å². The molecule has 2 amide bonds. The largest absolute Gasteiger partial charge is 0.384 e. The van der Waals surface area contributed by atoms with Crippen LogP contribution >= 0.6 is 0 Å². The van der Waals surface area contributed by atoms with Gasteiger partial charge in [-0.15, -0.1) is 0 Å². The van der Waals surface area contributed by atoms with Crippen LogP contribution in [-0.2, 0) is 11.2 Å². The highest BCUT2D eigenvalue weighted by molar-refractivity contribution is 6.01. The van der Waals surface area contributed by atoms with E-state index in [9.17, 15) is 9.59 Å². The molecule has 1 aliphatic heterocycles. The number of nitrogens with two attached hydrogens (primary N) is 1. The van der Waals surface area contributed by atoms with Gasteiger partial charge in [-0.05, 0) is 30.4 Å². The van der Waals surface area contributed by atoms with E-state index >= 15 is 0 Å². The average Bonchev–Trinajstić information content (AvgIpc) is 2.44. The van der Waals surface area contributed by atoms with Crippen LogP contribution in [-0.4, -0.2) is 36.3 Å². The number of primary amides is 1. The Morgan fingerprint density at radius 3 is 2.81 bits per heavy atom. The van der Waals surface area contributed by atoms with Gasteiger partial charge < -0.3 is 16.0 Å². The topological polar surface area (TPSA) is 75.4 Å². The van der Waals surface area contributed by atoms with Crippen LogP contribution in [0.15, 0.2) is 18.2 Å². The van der Waals surface area contributed by atoms with E-state index < -0.39 is 5.91 Å². The van der Waals surface area contributed by atoms with Gasteiger partial charge in [-0.1, -0.05) is 26.0 Å². The van der Waals surface area contributed by atoms with Gasteiger partial charge in [0, 0.05) is 13.1 Å². The number of rotatable bonds is 5. The SMILES string of the molecule is CC(C)CN(CC(N)=O)C(=O)c1cccc2c1NCCC2. The minimum Gasteiger partial charge on any atom is -0.384 e. The number of anilines is 1. The molecular weight excluding hydrogens is 266 g/mol. The van der Waals surface area contributed by atoms with E-state index in [-0.39, 0.29) is 18.4 Å². The lowest BCUT2D eigenvalue weighted by atomic mass is 9.98. The second kappa shape index (κ2) is 6.61. The van der Waals surface area contributed by atoms with E-state index in [0.29, 0.717) is 12.1 Å². The van der Waals surface area contributed by atoms with Gasteiger partial charge in [0.05, 0.1) is 17.8 Å². The molecule has 1 heterocycles. The third-order valence-corrected chi connectivity index (χ3v) is 3.53. The van der Waals surface area contributed by atoms with Crippen molar-refractivity contribution in [3.8, 4) is 0 Å². The van der Waals surface area contributed by atoms with E-state index in [0.717, 1.165) is 30.6 Å². The number of hydrogen-bond acceptors (Lipinski definition) is 3. The van der Waals surface area contributed by atoms with Crippen LogP contribution in [0, 0.1) is 5.92 Å². The molecule has 21 heavy (non-hydrogen) atoms. The van der Waals surface area contributed by atoms with Crippen molar-refractivity contribution in [2.75, 3.05) is 25.0 Å². The average molecular weight is 289 g/mol. The molecular formula is C16H23N3O2. The summed E-state index contributed by atoms with van der Waals surface area (Å²) in [4.78, 5) is 25.5. The molecule has 0 spiro atoms. The first kappa shape index (κ1) is 15.4. The van der Waals surface area contributed by atoms with Crippen LogP contribution in [0.4, 0.5) is 5.69 Å². The zero-order valence-electron chi connectivity index (χ0n) is 12.7. The number of benzene rings is 1. The van der Waals surface area contributed by atoms with Crippen molar-refractivity contribution in [3.63, 3.8) is 0 Å². The number of aryl methyl sites for hydroxylation is 1. The number of fused-ring (bicyclic) bond motifs is 1. The number of amides is 2. The Hall–Kier alpha value is -2.04. The summed E-state index contributed by atoms with van der Waals surface area (Å²) in [6.45, 7) is 5.38. The van der Waals surface area contributed by atoms with Gasteiger partial charge in [-0.25, -0.2) is 0 Å². The lowest BCUT2D eigenvalue weighted by Crippen LogP contribution is -2.41. The number of para-hydroxylation sites is 1. The minimum absolute atomic E-state index is 0.0410. The molecule has 0 radical (unpaired) electrons. The third-order valence-electron chi connectivity index (χ3n) is 3.53. The Morgan fingerprint density at radius 2 is 2.14 bits per heavy atom. The van der Waals surface area contributed by atoms with E-state index in [1.165, 1.54) is 0 Å². The van der Waals surface area contributed by atoms with Crippen molar-refractivity contribution in [3.05, 3.63) is 29.3 Å². The molecule has 1 aliphatic rings. The minimum atomic E-state index is -0.484. The molecule has 0 unspecified atom stereocenters. The van der Waals surface area contributed by atoms with E-state index in [1.807, 2.05) is 32.0 Å². The Morgan fingerprint density at radius 1 is 1.38 bits per heavy atom. The third kappa shape index (κ3) is 3.74. The van der Waals surface area contributed by atoms with Gasteiger partial charge >= 0.3 is 0 Å². The molecule has 2 rings (SSSR count). The van der Waals surface area contributed by atoms with Crippen molar-refractivity contribution in [1.29, 1.82) is 0 Å². The van der Waals surface area contributed by atoms with E-state index in [4.69, 9.17) is 5.73 Å². The van der Waals surface area contributed by atoms with Crippen molar-refractivity contribution >= 4 is 17.5 Å². The molecule has 1 aromatic carbocycles. The van der Waals surface area contributed by atoms with Gasteiger partial charge in [0.2, 0.25) is 5.91 Å². The summed E-state index contributed by atoms with van der Waals surface area (Å²) in [5.74, 6) is -0.337. The highest BCUT2D eigenvalue weighted by Crippen LogP contribution is 2.27. The van der Waals surface area contributed by atoms with Crippen molar-refractivity contribution < 1.29 is 9.59 Å². The highest BCUT2D eigenvalue weighted by atomic mass is 16.2. The summed E-state index contributed by atoms with van der Waals surface area (Å²) >= 11 is 0. The van der Waals surface area contributed by atoms with Crippen LogP contribution < -0.4 is 11.1 Å². The molecule has 0 fully saturated rings. The number of nitrogens with one attached hydrogen (secondary N) is 1. The Bertz CT molecular complexity index is 540. The van der Waals surface area contributed by atoms with Crippen LogP contribution in [0.5, 0.6) is 0 Å². The van der Waals surface area contributed by atoms with Crippen molar-refractivity contribution in [2.45, 2.75) is 26.7 Å². The molecule has 0 aliphatic carbocycles. The Kier molecular flexibility index (Phi) is 4.83. The fourth-order valence-corrected chi connectivity index (χ4v) is 2.71. The fourth-order valence-electron chi connectivity index (χ4n) is 2.71. The number of nitrogens with zero attached hydrogens (tertiary/aromatic N) is 1. The van der Waals surface area contributed by atoms with Crippen molar-refractivity contribution in [1.82, 2.24) is 4.90 Å². The first-order valence-electron chi connectivity index (χ1n) is 7.42. The normalized spacial score (nSPS) is 13.5. The predicted molar refractivity (Wildman–Crippen MR) is 83.2 cm³/mol. The second-order valence-corrected chi connectivity index (χ2v) is 5.92. The predicted octanol–water partition coefficient (Wildman–Crippen LogP) is 1.63. The summed E-state index contributed by atoms with van der Waals surface area (Å²) in [6, 6.07) is 5.75.